The molecule has 0 saturated carbocycles. The van der Waals surface area contributed by atoms with Gasteiger partial charge in [0.25, 0.3) is 0 Å². The molecule has 2 saturated heterocycles. The molecular formula is C27H30O16. The van der Waals surface area contributed by atoms with Crippen LogP contribution in [-0.4, -0.2) is 119 Å². The lowest BCUT2D eigenvalue weighted by atomic mass is 9.97. The maximum Gasteiger partial charge on any atom is 0.238 e. The smallest absolute Gasteiger partial charge is 0.238 e. The predicted molar refractivity (Wildman–Crippen MR) is 140 cm³/mol. The third-order valence-corrected chi connectivity index (χ3v) is 7.35. The Balaban J connectivity index is 1.48. The van der Waals surface area contributed by atoms with Crippen molar-refractivity contribution in [3.8, 4) is 40.1 Å². The van der Waals surface area contributed by atoms with Crippen LogP contribution >= 0.6 is 0 Å². The van der Waals surface area contributed by atoms with Crippen LogP contribution in [0.3, 0.4) is 0 Å². The predicted octanol–water partition coefficient (Wildman–Crippen LogP) is -1.69. The summed E-state index contributed by atoms with van der Waals surface area (Å²) in [6, 6.07) is 5.91. The molecule has 2 aliphatic rings. The highest BCUT2D eigenvalue weighted by atomic mass is 16.7. The summed E-state index contributed by atoms with van der Waals surface area (Å²) in [6.07, 6.45) is -16.3. The van der Waals surface area contributed by atoms with Crippen molar-refractivity contribution < 1.29 is 74.4 Å². The largest absolute Gasteiger partial charge is 0.508 e. The van der Waals surface area contributed by atoms with E-state index in [2.05, 4.69) is 0 Å². The van der Waals surface area contributed by atoms with Gasteiger partial charge in [0.05, 0.1) is 12.7 Å². The van der Waals surface area contributed by atoms with Crippen LogP contribution in [0.2, 0.25) is 0 Å². The van der Waals surface area contributed by atoms with Crippen LogP contribution in [0.5, 0.6) is 28.7 Å². The van der Waals surface area contributed by atoms with Gasteiger partial charge in [0, 0.05) is 11.6 Å². The maximum absolute atomic E-state index is 12.9. The van der Waals surface area contributed by atoms with Crippen LogP contribution in [-0.2, 0) is 14.2 Å². The van der Waals surface area contributed by atoms with E-state index in [-0.39, 0.29) is 11.3 Å². The van der Waals surface area contributed by atoms with E-state index < -0.39 is 113 Å². The molecule has 10 unspecified atom stereocenters. The quantitative estimate of drug-likeness (QED) is 0.140. The monoisotopic (exact) mass is 610 g/mol. The molecule has 0 aliphatic carbocycles. The van der Waals surface area contributed by atoms with E-state index in [0.29, 0.717) is 0 Å². The molecule has 1 aromatic heterocycles. The van der Waals surface area contributed by atoms with Gasteiger partial charge in [-0.05, 0) is 31.2 Å². The molecule has 5 rings (SSSR count). The first-order valence-corrected chi connectivity index (χ1v) is 13.0. The van der Waals surface area contributed by atoms with Gasteiger partial charge >= 0.3 is 0 Å². The average molecular weight is 611 g/mol. The highest BCUT2D eigenvalue weighted by molar-refractivity contribution is 5.93. The van der Waals surface area contributed by atoms with Crippen molar-refractivity contribution in [2.24, 2.45) is 0 Å². The van der Waals surface area contributed by atoms with E-state index in [1.807, 2.05) is 0 Å². The van der Waals surface area contributed by atoms with Crippen molar-refractivity contribution in [2.75, 3.05) is 6.61 Å². The number of phenols is 3. The number of aliphatic hydroxyl groups is 6. The molecule has 0 bridgehead atoms. The number of ether oxygens (including phenoxy) is 4. The lowest BCUT2D eigenvalue weighted by molar-refractivity contribution is -0.349. The van der Waals surface area contributed by atoms with Gasteiger partial charge in [0.1, 0.15) is 59.6 Å². The molecule has 3 aromatic rings. The highest BCUT2D eigenvalue weighted by Gasteiger charge is 2.51. The minimum absolute atomic E-state index is 0.116. The number of rotatable bonds is 6. The molecule has 16 nitrogen and oxygen atoms in total. The first-order valence-electron chi connectivity index (χ1n) is 13.0. The van der Waals surface area contributed by atoms with Gasteiger partial charge in [0.15, 0.2) is 23.4 Å². The molecule has 43 heavy (non-hydrogen) atoms. The summed E-state index contributed by atoms with van der Waals surface area (Å²) < 4.78 is 27.5. The van der Waals surface area contributed by atoms with E-state index in [9.17, 15) is 55.9 Å². The Labute approximate surface area is 241 Å². The van der Waals surface area contributed by atoms with Gasteiger partial charge in [-0.15, -0.1) is 0 Å². The Morgan fingerprint density at radius 1 is 0.814 bits per heavy atom. The summed E-state index contributed by atoms with van der Waals surface area (Å²) in [7, 11) is 0. The zero-order valence-electron chi connectivity index (χ0n) is 22.3. The average Bonchev–Trinajstić information content (AvgIpc) is 2.98. The number of aromatic hydroxyl groups is 4. The third kappa shape index (κ3) is 5.44. The highest BCUT2D eigenvalue weighted by Crippen LogP contribution is 2.43. The summed E-state index contributed by atoms with van der Waals surface area (Å²) in [4.78, 5) is 12.9. The second-order valence-corrected chi connectivity index (χ2v) is 10.2. The van der Waals surface area contributed by atoms with Gasteiger partial charge in [-0.2, -0.15) is 0 Å². The van der Waals surface area contributed by atoms with Crippen LogP contribution in [0.1, 0.15) is 6.92 Å². The minimum Gasteiger partial charge on any atom is -0.508 e. The molecular weight excluding hydrogens is 580 g/mol. The van der Waals surface area contributed by atoms with Gasteiger partial charge in [0.2, 0.25) is 23.2 Å². The molecule has 0 amide bonds. The summed E-state index contributed by atoms with van der Waals surface area (Å²) in [5, 5.41) is 103. The number of phenolic OH excluding ortho intramolecular Hbond substituents is 3. The van der Waals surface area contributed by atoms with Gasteiger partial charge in [-0.25, -0.2) is 0 Å². The van der Waals surface area contributed by atoms with Crippen molar-refractivity contribution in [3.05, 3.63) is 40.6 Å². The van der Waals surface area contributed by atoms with Crippen molar-refractivity contribution in [3.63, 3.8) is 0 Å². The second-order valence-electron chi connectivity index (χ2n) is 10.2. The normalized spacial score (nSPS) is 33.0. The molecule has 3 heterocycles. The Kier molecular flexibility index (Phi) is 8.41. The molecule has 16 heteroatoms. The molecule has 10 atom stereocenters. The van der Waals surface area contributed by atoms with Crippen LogP contribution in [0, 0.1) is 0 Å². The fourth-order valence-electron chi connectivity index (χ4n) is 4.92. The lowest BCUT2D eigenvalue weighted by Crippen LogP contribution is -2.64. The zero-order chi connectivity index (χ0) is 31.3. The molecule has 2 aliphatic heterocycles. The van der Waals surface area contributed by atoms with E-state index in [1.165, 1.54) is 31.2 Å². The van der Waals surface area contributed by atoms with Crippen molar-refractivity contribution in [1.82, 2.24) is 0 Å². The van der Waals surface area contributed by atoms with Crippen molar-refractivity contribution in [2.45, 2.75) is 68.3 Å². The number of hydrogen-bond acceptors (Lipinski definition) is 16. The standard InChI is InChI=1S/C27H30O16/c1-8-15(31)19(35)21(37)26(39-8)43-25-17(33)13(7-28)41-27(22(25)38)40-12-6-11(30)14-18(34)20(36)23(42-24(14)16(12)32)9-2-4-10(29)5-3-9/h2-6,8,13,15,17,19,21-22,25-33,35-38H,7H2,1H3. The zero-order valence-corrected chi connectivity index (χ0v) is 22.3. The maximum atomic E-state index is 12.9. The number of benzene rings is 2. The van der Waals surface area contributed by atoms with Crippen LogP contribution in [0.4, 0.5) is 0 Å². The van der Waals surface area contributed by atoms with Crippen LogP contribution < -0.4 is 10.2 Å². The topological polar surface area (TPSA) is 269 Å². The minimum atomic E-state index is -1.93. The van der Waals surface area contributed by atoms with Gasteiger partial charge in [-0.3, -0.25) is 4.79 Å². The van der Waals surface area contributed by atoms with Crippen molar-refractivity contribution >= 4 is 11.0 Å². The molecule has 234 valence electrons. The summed E-state index contributed by atoms with van der Waals surface area (Å²) >= 11 is 0. The summed E-state index contributed by atoms with van der Waals surface area (Å²) in [5.74, 6) is -3.71. The third-order valence-electron chi connectivity index (χ3n) is 7.35. The Morgan fingerprint density at radius 3 is 2.14 bits per heavy atom. The molecule has 2 aromatic carbocycles. The van der Waals surface area contributed by atoms with Crippen LogP contribution in [0.25, 0.3) is 22.3 Å². The fourth-order valence-corrected chi connectivity index (χ4v) is 4.92. The SMILES string of the molecule is CC1OC(OC2C(O)C(CO)OC(Oc3cc(O)c4c(=O)c(O)c(-c5ccc(O)cc5)oc4c3O)C2O)C(O)C(O)C1O. The molecule has 0 spiro atoms. The second kappa shape index (κ2) is 11.8. The number of hydrogen-bond donors (Lipinski definition) is 10. The Bertz CT molecular complexity index is 1520. The van der Waals surface area contributed by atoms with E-state index in [0.717, 1.165) is 6.07 Å². The van der Waals surface area contributed by atoms with Gasteiger partial charge in [-0.1, -0.05) is 0 Å². The fraction of sp³-hybridized carbons (Fsp3) is 0.444. The van der Waals surface area contributed by atoms with E-state index in [1.54, 1.807) is 0 Å². The molecule has 0 radical (unpaired) electrons. The summed E-state index contributed by atoms with van der Waals surface area (Å²) in [6.45, 7) is 0.564. The Morgan fingerprint density at radius 2 is 1.49 bits per heavy atom. The van der Waals surface area contributed by atoms with E-state index in [4.69, 9.17) is 23.4 Å². The van der Waals surface area contributed by atoms with Gasteiger partial charge < -0.3 is 74.4 Å². The first-order chi connectivity index (χ1) is 20.3. The number of fused-ring (bicyclic) bond motifs is 1. The first kappa shape index (κ1) is 30.7. The number of aliphatic hydroxyl groups excluding tert-OH is 6. The molecule has 2 fully saturated rings. The van der Waals surface area contributed by atoms with Crippen LogP contribution in [0.15, 0.2) is 39.5 Å². The summed E-state index contributed by atoms with van der Waals surface area (Å²) in [5.41, 5.74) is -1.61. The Hall–Kier alpha value is -3.71. The van der Waals surface area contributed by atoms with E-state index >= 15 is 0 Å². The van der Waals surface area contributed by atoms with Crippen molar-refractivity contribution in [1.29, 1.82) is 0 Å². The molecule has 10 N–H and O–H groups in total. The lowest BCUT2D eigenvalue weighted by Gasteiger charge is -2.45.